The maximum atomic E-state index is 9.85. The molecule has 14 heavy (non-hydrogen) atoms. The van der Waals surface area contributed by atoms with E-state index in [0.717, 1.165) is 0 Å². The van der Waals surface area contributed by atoms with Gasteiger partial charge in [-0.25, -0.2) is 0 Å². The fraction of sp³-hybridized carbons (Fsp3) is 0.222. The van der Waals surface area contributed by atoms with E-state index in [1.165, 1.54) is 17.1 Å². The van der Waals surface area contributed by atoms with Crippen LogP contribution < -0.4 is 5.73 Å². The molecule has 0 fully saturated rings. The van der Waals surface area contributed by atoms with Gasteiger partial charge in [0, 0.05) is 7.05 Å². The van der Waals surface area contributed by atoms with Crippen molar-refractivity contribution in [3.05, 3.63) is 35.9 Å². The second kappa shape index (κ2) is 3.19. The summed E-state index contributed by atoms with van der Waals surface area (Å²) in [6.07, 6.45) is 2.19. The lowest BCUT2D eigenvalue weighted by atomic mass is 10.1. The predicted octanol–water partition coefficient (Wildman–Crippen LogP) is 0.677. The van der Waals surface area contributed by atoms with E-state index in [0.29, 0.717) is 17.1 Å². The van der Waals surface area contributed by atoms with Gasteiger partial charge in [0.2, 0.25) is 0 Å². The van der Waals surface area contributed by atoms with Gasteiger partial charge in [0.1, 0.15) is 17.7 Å². The van der Waals surface area contributed by atoms with Gasteiger partial charge in [-0.1, -0.05) is 0 Å². The average Bonchev–Trinajstić information content (AvgIpc) is 2.77. The maximum Gasteiger partial charge on any atom is 0.142 e. The third-order valence-electron chi connectivity index (χ3n) is 2.12. The number of hydrogen-bond acceptors (Lipinski definition) is 4. The molecule has 0 saturated carbocycles. The third kappa shape index (κ3) is 1.27. The van der Waals surface area contributed by atoms with Crippen LogP contribution in [0.5, 0.6) is 0 Å². The summed E-state index contributed by atoms with van der Waals surface area (Å²) in [5.41, 5.74) is 6.27. The predicted molar refractivity (Wildman–Crippen MR) is 50.4 cm³/mol. The summed E-state index contributed by atoms with van der Waals surface area (Å²) in [6.45, 7) is 0. The van der Waals surface area contributed by atoms with Gasteiger partial charge in [-0.3, -0.25) is 4.68 Å². The third-order valence-corrected chi connectivity index (χ3v) is 2.12. The van der Waals surface area contributed by atoms with Gasteiger partial charge in [0.25, 0.3) is 0 Å². The summed E-state index contributed by atoms with van der Waals surface area (Å²) in [6, 6.07) is 3.40. The number of hydrogen-bond donors (Lipinski definition) is 2. The summed E-state index contributed by atoms with van der Waals surface area (Å²) < 4.78 is 6.57. The molecular weight excluding hydrogens is 182 g/mol. The topological polar surface area (TPSA) is 77.2 Å². The molecule has 0 saturated heterocycles. The van der Waals surface area contributed by atoms with Crippen LogP contribution in [0.1, 0.15) is 17.4 Å². The van der Waals surface area contributed by atoms with Crippen LogP contribution in [0.15, 0.2) is 29.0 Å². The lowest BCUT2D eigenvalue weighted by Gasteiger charge is -2.06. The van der Waals surface area contributed by atoms with Crippen molar-refractivity contribution >= 4 is 5.82 Å². The molecule has 0 bridgehead atoms. The molecule has 1 atom stereocenters. The minimum atomic E-state index is -0.848. The van der Waals surface area contributed by atoms with E-state index < -0.39 is 6.10 Å². The number of aryl methyl sites for hydroxylation is 1. The van der Waals surface area contributed by atoms with Crippen molar-refractivity contribution in [3.63, 3.8) is 0 Å². The number of anilines is 1. The van der Waals surface area contributed by atoms with E-state index >= 15 is 0 Å². The first-order chi connectivity index (χ1) is 6.70. The Morgan fingerprint density at radius 3 is 2.93 bits per heavy atom. The fourth-order valence-electron chi connectivity index (χ4n) is 1.27. The molecule has 2 aromatic rings. The first-order valence-corrected chi connectivity index (χ1v) is 4.19. The first kappa shape index (κ1) is 8.83. The molecule has 5 nitrogen and oxygen atoms in total. The van der Waals surface area contributed by atoms with Gasteiger partial charge < -0.3 is 15.3 Å². The Balaban J connectivity index is 2.36. The Kier molecular flexibility index (Phi) is 2.01. The molecule has 2 rings (SSSR count). The molecule has 3 N–H and O–H groups in total. The Labute approximate surface area is 80.8 Å². The van der Waals surface area contributed by atoms with Crippen LogP contribution in [0.25, 0.3) is 0 Å². The average molecular weight is 193 g/mol. The van der Waals surface area contributed by atoms with Crippen molar-refractivity contribution in [2.75, 3.05) is 5.73 Å². The number of aliphatic hydroxyl groups is 1. The van der Waals surface area contributed by atoms with E-state index in [1.807, 2.05) is 0 Å². The number of nitrogen functional groups attached to an aromatic ring is 1. The highest BCUT2D eigenvalue weighted by atomic mass is 16.4. The minimum absolute atomic E-state index is 0.439. The SMILES string of the molecule is Cn1ncc(C(O)c2ccco2)c1N. The van der Waals surface area contributed by atoms with Crippen LogP contribution in [0.3, 0.4) is 0 Å². The second-order valence-electron chi connectivity index (χ2n) is 3.03. The quantitative estimate of drug-likeness (QED) is 0.735. The van der Waals surface area contributed by atoms with Crippen LogP contribution in [0.2, 0.25) is 0 Å². The van der Waals surface area contributed by atoms with Crippen molar-refractivity contribution < 1.29 is 9.52 Å². The Morgan fingerprint density at radius 2 is 2.43 bits per heavy atom. The maximum absolute atomic E-state index is 9.85. The normalized spacial score (nSPS) is 13.0. The second-order valence-corrected chi connectivity index (χ2v) is 3.03. The zero-order valence-corrected chi connectivity index (χ0v) is 7.71. The van der Waals surface area contributed by atoms with Gasteiger partial charge in [-0.2, -0.15) is 5.10 Å². The van der Waals surface area contributed by atoms with Crippen LogP contribution in [0.4, 0.5) is 5.82 Å². The van der Waals surface area contributed by atoms with Crippen molar-refractivity contribution in [3.8, 4) is 0 Å². The molecule has 0 aliphatic rings. The number of nitrogens with two attached hydrogens (primary N) is 1. The summed E-state index contributed by atoms with van der Waals surface area (Å²) in [7, 11) is 1.72. The zero-order chi connectivity index (χ0) is 10.1. The van der Waals surface area contributed by atoms with Crippen molar-refractivity contribution in [1.82, 2.24) is 9.78 Å². The molecule has 0 aliphatic carbocycles. The van der Waals surface area contributed by atoms with E-state index in [2.05, 4.69) is 5.10 Å². The molecule has 0 spiro atoms. The number of rotatable bonds is 2. The molecule has 0 aliphatic heterocycles. The van der Waals surface area contributed by atoms with E-state index in [4.69, 9.17) is 10.2 Å². The van der Waals surface area contributed by atoms with Crippen LogP contribution in [-0.4, -0.2) is 14.9 Å². The van der Waals surface area contributed by atoms with Crippen LogP contribution in [0, 0.1) is 0 Å². The monoisotopic (exact) mass is 193 g/mol. The molecule has 2 aromatic heterocycles. The van der Waals surface area contributed by atoms with Crippen LogP contribution >= 0.6 is 0 Å². The summed E-state index contributed by atoms with van der Waals surface area (Å²) in [5.74, 6) is 0.901. The Morgan fingerprint density at radius 1 is 1.64 bits per heavy atom. The number of furan rings is 1. The molecule has 5 heteroatoms. The van der Waals surface area contributed by atoms with Crippen molar-refractivity contribution in [1.29, 1.82) is 0 Å². The van der Waals surface area contributed by atoms with E-state index in [1.54, 1.807) is 19.2 Å². The lowest BCUT2D eigenvalue weighted by molar-refractivity contribution is 0.190. The van der Waals surface area contributed by atoms with Gasteiger partial charge >= 0.3 is 0 Å². The highest BCUT2D eigenvalue weighted by Gasteiger charge is 2.18. The fourth-order valence-corrected chi connectivity index (χ4v) is 1.27. The van der Waals surface area contributed by atoms with Crippen LogP contribution in [-0.2, 0) is 7.05 Å². The zero-order valence-electron chi connectivity index (χ0n) is 7.71. The molecule has 2 heterocycles. The molecular formula is C9H11N3O2. The van der Waals surface area contributed by atoms with E-state index in [-0.39, 0.29) is 0 Å². The van der Waals surface area contributed by atoms with Gasteiger partial charge in [-0.05, 0) is 12.1 Å². The minimum Gasteiger partial charge on any atom is -0.466 e. The highest BCUT2D eigenvalue weighted by Crippen LogP contribution is 2.25. The number of aliphatic hydroxyl groups excluding tert-OH is 1. The smallest absolute Gasteiger partial charge is 0.142 e. The van der Waals surface area contributed by atoms with E-state index in [9.17, 15) is 5.11 Å². The Bertz CT molecular complexity index is 419. The molecule has 1 unspecified atom stereocenters. The molecule has 74 valence electrons. The number of nitrogens with zero attached hydrogens (tertiary/aromatic N) is 2. The summed E-state index contributed by atoms with van der Waals surface area (Å²) in [4.78, 5) is 0. The standard InChI is InChI=1S/C9H11N3O2/c1-12-9(10)6(5-11-12)8(13)7-3-2-4-14-7/h2-5,8,13H,10H2,1H3. The van der Waals surface area contributed by atoms with Gasteiger partial charge in [0.05, 0.1) is 18.0 Å². The number of aromatic nitrogens is 2. The first-order valence-electron chi connectivity index (χ1n) is 4.19. The van der Waals surface area contributed by atoms with Gasteiger partial charge in [-0.15, -0.1) is 0 Å². The highest BCUT2D eigenvalue weighted by molar-refractivity contribution is 5.42. The summed E-state index contributed by atoms with van der Waals surface area (Å²) >= 11 is 0. The van der Waals surface area contributed by atoms with Crippen molar-refractivity contribution in [2.45, 2.75) is 6.10 Å². The Hall–Kier alpha value is -1.75. The van der Waals surface area contributed by atoms with Crippen molar-refractivity contribution in [2.24, 2.45) is 7.05 Å². The molecule has 0 radical (unpaired) electrons. The molecule has 0 amide bonds. The largest absolute Gasteiger partial charge is 0.466 e. The van der Waals surface area contributed by atoms with Gasteiger partial charge in [0.15, 0.2) is 0 Å². The molecule has 0 aromatic carbocycles. The lowest BCUT2D eigenvalue weighted by Crippen LogP contribution is -2.03. The summed E-state index contributed by atoms with van der Waals surface area (Å²) in [5, 5.41) is 13.8.